The van der Waals surface area contributed by atoms with Gasteiger partial charge in [-0.15, -0.1) is 0 Å². The fraction of sp³-hybridized carbons (Fsp3) is 0.647. The van der Waals surface area contributed by atoms with Gasteiger partial charge < -0.3 is 5.11 Å². The number of hydrogen-bond acceptors (Lipinski definition) is 1. The second-order valence-corrected chi connectivity index (χ2v) is 5.94. The van der Waals surface area contributed by atoms with E-state index >= 15 is 0 Å². The van der Waals surface area contributed by atoms with Crippen molar-refractivity contribution in [2.45, 2.75) is 64.9 Å². The Balaban J connectivity index is 1.96. The van der Waals surface area contributed by atoms with Crippen molar-refractivity contribution in [3.63, 3.8) is 0 Å². The van der Waals surface area contributed by atoms with Crippen LogP contribution in [0.3, 0.4) is 0 Å². The monoisotopic (exact) mass is 246 g/mol. The van der Waals surface area contributed by atoms with Crippen LogP contribution in [-0.4, -0.2) is 11.2 Å². The van der Waals surface area contributed by atoms with E-state index in [9.17, 15) is 5.11 Å². The van der Waals surface area contributed by atoms with Crippen molar-refractivity contribution in [2.24, 2.45) is 5.92 Å². The highest BCUT2D eigenvalue weighted by Crippen LogP contribution is 2.27. The summed E-state index contributed by atoms with van der Waals surface area (Å²) in [6, 6.07) is 6.57. The summed E-state index contributed by atoms with van der Waals surface area (Å²) in [7, 11) is 0. The maximum absolute atomic E-state index is 10.4. The Bertz CT molecular complexity index is 375. The minimum atomic E-state index is -0.148. The molecule has 1 atom stereocenters. The largest absolute Gasteiger partial charge is 0.392 e. The van der Waals surface area contributed by atoms with E-state index in [1.54, 1.807) is 0 Å². The van der Waals surface area contributed by atoms with Gasteiger partial charge in [0.1, 0.15) is 0 Å². The van der Waals surface area contributed by atoms with E-state index in [4.69, 9.17) is 0 Å². The summed E-state index contributed by atoms with van der Waals surface area (Å²) < 4.78 is 0. The first-order valence-corrected chi connectivity index (χ1v) is 7.41. The topological polar surface area (TPSA) is 20.2 Å². The van der Waals surface area contributed by atoms with Crippen LogP contribution in [0.25, 0.3) is 0 Å². The molecule has 1 fully saturated rings. The van der Waals surface area contributed by atoms with Crippen LogP contribution < -0.4 is 0 Å². The van der Waals surface area contributed by atoms with Crippen LogP contribution in [-0.2, 0) is 6.42 Å². The van der Waals surface area contributed by atoms with Gasteiger partial charge in [-0.2, -0.15) is 0 Å². The maximum atomic E-state index is 10.4. The molecule has 1 aromatic rings. The Labute approximate surface area is 111 Å². The van der Waals surface area contributed by atoms with E-state index < -0.39 is 0 Å². The number of aliphatic hydroxyl groups excluding tert-OH is 1. The van der Waals surface area contributed by atoms with Crippen molar-refractivity contribution in [1.29, 1.82) is 0 Å². The van der Waals surface area contributed by atoms with Gasteiger partial charge in [0.25, 0.3) is 0 Å². The normalized spacial score (nSPS) is 19.5. The summed E-state index contributed by atoms with van der Waals surface area (Å²) in [5, 5.41) is 10.4. The first-order chi connectivity index (χ1) is 8.66. The molecule has 0 spiro atoms. The van der Waals surface area contributed by atoms with Crippen molar-refractivity contribution < 1.29 is 5.11 Å². The molecule has 0 aromatic heterocycles. The third-order valence-corrected chi connectivity index (χ3v) is 4.46. The number of benzene rings is 1. The lowest BCUT2D eigenvalue weighted by Gasteiger charge is -2.21. The van der Waals surface area contributed by atoms with Crippen LogP contribution in [0.4, 0.5) is 0 Å². The van der Waals surface area contributed by atoms with Gasteiger partial charge in [-0.05, 0) is 55.7 Å². The standard InChI is InChI=1S/C17H26O/c1-13-9-10-15(11-14(13)2)12-17(18)16-7-5-3-4-6-8-16/h9-11,16-18H,3-8,12H2,1-2H3. The zero-order valence-electron chi connectivity index (χ0n) is 11.8. The molecule has 2 rings (SSSR count). The minimum Gasteiger partial charge on any atom is -0.392 e. The molecular formula is C17H26O. The van der Waals surface area contributed by atoms with E-state index in [2.05, 4.69) is 32.0 Å². The number of rotatable bonds is 3. The smallest absolute Gasteiger partial charge is 0.0608 e. The van der Waals surface area contributed by atoms with Gasteiger partial charge in [-0.3, -0.25) is 0 Å². The van der Waals surface area contributed by atoms with Crippen LogP contribution in [0.1, 0.15) is 55.2 Å². The van der Waals surface area contributed by atoms with Crippen LogP contribution in [0, 0.1) is 19.8 Å². The fourth-order valence-corrected chi connectivity index (χ4v) is 3.03. The zero-order chi connectivity index (χ0) is 13.0. The molecule has 1 aliphatic rings. The van der Waals surface area contributed by atoms with Crippen molar-refractivity contribution in [3.8, 4) is 0 Å². The minimum absolute atomic E-state index is 0.148. The summed E-state index contributed by atoms with van der Waals surface area (Å²) in [5.41, 5.74) is 3.96. The second-order valence-electron chi connectivity index (χ2n) is 5.94. The Kier molecular flexibility index (Phi) is 4.82. The molecule has 1 aromatic carbocycles. The number of hydrogen-bond donors (Lipinski definition) is 1. The van der Waals surface area contributed by atoms with E-state index in [0.29, 0.717) is 5.92 Å². The molecule has 0 radical (unpaired) electrons. The number of aryl methyl sites for hydroxylation is 2. The molecule has 0 saturated heterocycles. The summed E-state index contributed by atoms with van der Waals surface area (Å²) in [4.78, 5) is 0. The maximum Gasteiger partial charge on any atom is 0.0608 e. The van der Waals surface area contributed by atoms with Gasteiger partial charge in [-0.25, -0.2) is 0 Å². The Hall–Kier alpha value is -0.820. The SMILES string of the molecule is Cc1ccc(CC(O)C2CCCCCC2)cc1C. The summed E-state index contributed by atoms with van der Waals surface area (Å²) in [6.45, 7) is 4.29. The highest BCUT2D eigenvalue weighted by Gasteiger charge is 2.20. The molecule has 100 valence electrons. The van der Waals surface area contributed by atoms with Gasteiger partial charge >= 0.3 is 0 Å². The fourth-order valence-electron chi connectivity index (χ4n) is 3.03. The highest BCUT2D eigenvalue weighted by atomic mass is 16.3. The molecule has 0 heterocycles. The molecule has 0 amide bonds. The average molecular weight is 246 g/mol. The zero-order valence-corrected chi connectivity index (χ0v) is 11.8. The third-order valence-electron chi connectivity index (χ3n) is 4.46. The molecule has 18 heavy (non-hydrogen) atoms. The van der Waals surface area contributed by atoms with Crippen LogP contribution in [0.5, 0.6) is 0 Å². The van der Waals surface area contributed by atoms with Crippen molar-refractivity contribution in [3.05, 3.63) is 34.9 Å². The molecule has 0 bridgehead atoms. The lowest BCUT2D eigenvalue weighted by molar-refractivity contribution is 0.0986. The van der Waals surface area contributed by atoms with Gasteiger partial charge in [0.05, 0.1) is 6.10 Å². The van der Waals surface area contributed by atoms with Crippen molar-refractivity contribution >= 4 is 0 Å². The van der Waals surface area contributed by atoms with Crippen LogP contribution in [0.2, 0.25) is 0 Å². The lowest BCUT2D eigenvalue weighted by atomic mass is 9.89. The second kappa shape index (κ2) is 6.38. The third kappa shape index (κ3) is 3.58. The van der Waals surface area contributed by atoms with Crippen molar-refractivity contribution in [2.75, 3.05) is 0 Å². The highest BCUT2D eigenvalue weighted by molar-refractivity contribution is 5.30. The molecule has 1 heteroatoms. The molecule has 0 aliphatic heterocycles. The van der Waals surface area contributed by atoms with E-state index in [-0.39, 0.29) is 6.10 Å². The first kappa shape index (κ1) is 13.6. The quantitative estimate of drug-likeness (QED) is 0.793. The van der Waals surface area contributed by atoms with Gasteiger partial charge in [0, 0.05) is 0 Å². The predicted molar refractivity (Wildman–Crippen MR) is 76.8 cm³/mol. The first-order valence-electron chi connectivity index (χ1n) is 7.41. The average Bonchev–Trinajstić information content (AvgIpc) is 2.62. The molecule has 1 nitrogen and oxygen atoms in total. The van der Waals surface area contributed by atoms with Crippen LogP contribution >= 0.6 is 0 Å². The summed E-state index contributed by atoms with van der Waals surface area (Å²) in [6.07, 6.45) is 8.41. The molecule has 1 N–H and O–H groups in total. The number of aliphatic hydroxyl groups is 1. The summed E-state index contributed by atoms with van der Waals surface area (Å²) in [5.74, 6) is 0.522. The Morgan fingerprint density at radius 2 is 1.72 bits per heavy atom. The van der Waals surface area contributed by atoms with Crippen LogP contribution in [0.15, 0.2) is 18.2 Å². The molecule has 1 aliphatic carbocycles. The Morgan fingerprint density at radius 3 is 2.33 bits per heavy atom. The van der Waals surface area contributed by atoms with E-state index in [1.807, 2.05) is 0 Å². The molecular weight excluding hydrogens is 220 g/mol. The Morgan fingerprint density at radius 1 is 1.06 bits per heavy atom. The van der Waals surface area contributed by atoms with Gasteiger partial charge in [-0.1, -0.05) is 43.9 Å². The molecule has 1 saturated carbocycles. The van der Waals surface area contributed by atoms with Crippen molar-refractivity contribution in [1.82, 2.24) is 0 Å². The van der Waals surface area contributed by atoms with E-state index in [0.717, 1.165) is 6.42 Å². The van der Waals surface area contributed by atoms with Gasteiger partial charge in [0.15, 0.2) is 0 Å². The molecule has 1 unspecified atom stereocenters. The van der Waals surface area contributed by atoms with E-state index in [1.165, 1.54) is 55.2 Å². The predicted octanol–water partition coefficient (Wildman–Crippen LogP) is 4.18. The van der Waals surface area contributed by atoms with Gasteiger partial charge in [0.2, 0.25) is 0 Å². The lowest BCUT2D eigenvalue weighted by Crippen LogP contribution is -2.22. The summed E-state index contributed by atoms with van der Waals surface area (Å²) >= 11 is 0.